The van der Waals surface area contributed by atoms with Crippen molar-refractivity contribution < 1.29 is 19.2 Å². The summed E-state index contributed by atoms with van der Waals surface area (Å²) >= 11 is 0. The number of hydrogen-bond acceptors (Lipinski definition) is 6. The first-order valence-electron chi connectivity index (χ1n) is 8.76. The van der Waals surface area contributed by atoms with Gasteiger partial charge in [-0.3, -0.25) is 14.9 Å². The average molecular weight is 363 g/mol. The summed E-state index contributed by atoms with van der Waals surface area (Å²) in [6, 6.07) is 3.71. The Labute approximate surface area is 152 Å². The summed E-state index contributed by atoms with van der Waals surface area (Å²) in [7, 11) is 0. The van der Waals surface area contributed by atoms with E-state index >= 15 is 0 Å². The topological polar surface area (TPSA) is 125 Å². The number of nitrogens with two attached hydrogens (primary N) is 1. The third kappa shape index (κ3) is 4.50. The highest BCUT2D eigenvalue weighted by Crippen LogP contribution is 2.29. The number of benzene rings is 1. The zero-order chi connectivity index (χ0) is 19.4. The van der Waals surface area contributed by atoms with Gasteiger partial charge in [-0.1, -0.05) is 26.7 Å². The number of nitrogen functional groups attached to an aromatic ring is 1. The molecule has 4 atom stereocenters. The number of carbonyl (C=O) groups excluding carboxylic acids is 2. The second-order valence-corrected chi connectivity index (χ2v) is 6.96. The molecule has 0 heterocycles. The van der Waals surface area contributed by atoms with E-state index in [1.165, 1.54) is 19.1 Å². The number of ether oxygens (including phenoxy) is 1. The first-order chi connectivity index (χ1) is 12.2. The van der Waals surface area contributed by atoms with Gasteiger partial charge < -0.3 is 15.8 Å². The zero-order valence-electron chi connectivity index (χ0n) is 15.2. The summed E-state index contributed by atoms with van der Waals surface area (Å²) in [5.41, 5.74) is 5.07. The van der Waals surface area contributed by atoms with Gasteiger partial charge in [0.1, 0.15) is 5.69 Å². The van der Waals surface area contributed by atoms with Crippen molar-refractivity contribution in [3.63, 3.8) is 0 Å². The predicted molar refractivity (Wildman–Crippen MR) is 96.5 cm³/mol. The molecule has 1 saturated carbocycles. The molecule has 0 spiro atoms. The lowest BCUT2D eigenvalue weighted by atomic mass is 9.78. The third-order valence-electron chi connectivity index (χ3n) is 5.15. The third-order valence-corrected chi connectivity index (χ3v) is 5.15. The lowest BCUT2D eigenvalue weighted by molar-refractivity contribution is -0.383. The molecular weight excluding hydrogens is 338 g/mol. The molecule has 2 rings (SSSR count). The van der Waals surface area contributed by atoms with Crippen molar-refractivity contribution in [1.29, 1.82) is 0 Å². The monoisotopic (exact) mass is 363 g/mol. The Balaban J connectivity index is 1.99. The first-order valence-corrected chi connectivity index (χ1v) is 8.76. The van der Waals surface area contributed by atoms with Gasteiger partial charge >= 0.3 is 5.97 Å². The van der Waals surface area contributed by atoms with E-state index in [0.29, 0.717) is 11.8 Å². The highest BCUT2D eigenvalue weighted by molar-refractivity contribution is 5.93. The van der Waals surface area contributed by atoms with Gasteiger partial charge in [-0.2, -0.15) is 0 Å². The maximum Gasteiger partial charge on any atom is 0.339 e. The summed E-state index contributed by atoms with van der Waals surface area (Å²) in [5, 5.41) is 13.9. The van der Waals surface area contributed by atoms with E-state index in [1.807, 2.05) is 0 Å². The number of rotatable bonds is 5. The molecule has 1 aliphatic rings. The highest BCUT2D eigenvalue weighted by Gasteiger charge is 2.30. The van der Waals surface area contributed by atoms with E-state index in [-0.39, 0.29) is 28.9 Å². The standard InChI is InChI=1S/C18H25N3O5/c1-10-5-4-6-15(11(10)2)20-17(22)12(3)26-18(23)13-7-8-14(19)16(9-13)21(24)25/h7-12,15H,4-6,19H2,1-3H3,(H,20,22)/t10-,11-,12-,15+/m0/s1. The van der Waals surface area contributed by atoms with Crippen molar-refractivity contribution in [2.24, 2.45) is 11.8 Å². The molecule has 0 radical (unpaired) electrons. The Morgan fingerprint density at radius 3 is 2.69 bits per heavy atom. The van der Waals surface area contributed by atoms with Crippen LogP contribution in [0.15, 0.2) is 18.2 Å². The maximum absolute atomic E-state index is 12.3. The van der Waals surface area contributed by atoms with E-state index < -0.39 is 17.0 Å². The minimum atomic E-state index is -0.997. The Morgan fingerprint density at radius 2 is 2.04 bits per heavy atom. The van der Waals surface area contributed by atoms with Crippen LogP contribution in [0.3, 0.4) is 0 Å². The molecule has 8 heteroatoms. The summed E-state index contributed by atoms with van der Waals surface area (Å²) in [5.74, 6) is -0.285. The molecule has 26 heavy (non-hydrogen) atoms. The first kappa shape index (κ1) is 19.7. The summed E-state index contributed by atoms with van der Waals surface area (Å²) in [6.45, 7) is 5.76. The molecule has 142 valence electrons. The molecule has 0 bridgehead atoms. The molecule has 3 N–H and O–H groups in total. The van der Waals surface area contributed by atoms with Crippen molar-refractivity contribution in [3.8, 4) is 0 Å². The van der Waals surface area contributed by atoms with Crippen LogP contribution in [0, 0.1) is 22.0 Å². The van der Waals surface area contributed by atoms with Crippen molar-refractivity contribution in [2.45, 2.75) is 52.2 Å². The van der Waals surface area contributed by atoms with E-state index in [9.17, 15) is 19.7 Å². The van der Waals surface area contributed by atoms with Crippen molar-refractivity contribution in [3.05, 3.63) is 33.9 Å². The predicted octanol–water partition coefficient (Wildman–Crippen LogP) is 2.66. The number of carbonyl (C=O) groups is 2. The van der Waals surface area contributed by atoms with Crippen LogP contribution in [0.25, 0.3) is 0 Å². The Bertz CT molecular complexity index is 706. The SMILES string of the molecule is C[C@H]1[C@@H](C)CCC[C@H]1NC(=O)[C@H](C)OC(=O)c1ccc(N)c([N+](=O)[O-])c1. The van der Waals surface area contributed by atoms with Crippen LogP contribution in [0.2, 0.25) is 0 Å². The van der Waals surface area contributed by atoms with Crippen LogP contribution in [0.1, 0.15) is 50.4 Å². The molecule has 0 saturated heterocycles. The van der Waals surface area contributed by atoms with Crippen molar-refractivity contribution >= 4 is 23.3 Å². The number of anilines is 1. The fourth-order valence-electron chi connectivity index (χ4n) is 3.20. The van der Waals surface area contributed by atoms with Crippen molar-refractivity contribution in [2.75, 3.05) is 5.73 Å². The van der Waals surface area contributed by atoms with Gasteiger partial charge in [0.2, 0.25) is 0 Å². The molecule has 0 aliphatic heterocycles. The Hall–Kier alpha value is -2.64. The molecule has 1 aromatic carbocycles. The van der Waals surface area contributed by atoms with Gasteiger partial charge in [0, 0.05) is 12.1 Å². The van der Waals surface area contributed by atoms with Crippen LogP contribution >= 0.6 is 0 Å². The fourth-order valence-corrected chi connectivity index (χ4v) is 3.20. The lowest BCUT2D eigenvalue weighted by Gasteiger charge is -2.35. The average Bonchev–Trinajstić information content (AvgIpc) is 2.58. The zero-order valence-corrected chi connectivity index (χ0v) is 15.2. The second-order valence-electron chi connectivity index (χ2n) is 6.96. The van der Waals surface area contributed by atoms with Crippen LogP contribution in [0.5, 0.6) is 0 Å². The number of amides is 1. The normalized spacial score (nSPS) is 23.7. The molecule has 0 unspecified atom stereocenters. The van der Waals surface area contributed by atoms with Gasteiger partial charge in [-0.05, 0) is 37.3 Å². The number of hydrogen-bond donors (Lipinski definition) is 2. The Kier molecular flexibility index (Phi) is 6.18. The van der Waals surface area contributed by atoms with E-state index in [2.05, 4.69) is 19.2 Å². The van der Waals surface area contributed by atoms with Crippen LogP contribution in [-0.4, -0.2) is 28.9 Å². The molecule has 1 aromatic rings. The number of nitro groups is 1. The second kappa shape index (κ2) is 8.16. The number of nitro benzene ring substituents is 1. The lowest BCUT2D eigenvalue weighted by Crippen LogP contribution is -2.47. The molecule has 0 aromatic heterocycles. The maximum atomic E-state index is 12.3. The minimum absolute atomic E-state index is 0.0230. The fraction of sp³-hybridized carbons (Fsp3) is 0.556. The van der Waals surface area contributed by atoms with Gasteiger partial charge in [-0.25, -0.2) is 4.79 Å². The van der Waals surface area contributed by atoms with Gasteiger partial charge in [0.05, 0.1) is 10.5 Å². The largest absolute Gasteiger partial charge is 0.449 e. The molecule has 1 aliphatic carbocycles. The number of esters is 1. The minimum Gasteiger partial charge on any atom is -0.449 e. The number of nitrogens with one attached hydrogen (secondary N) is 1. The van der Waals surface area contributed by atoms with Gasteiger partial charge in [-0.15, -0.1) is 0 Å². The van der Waals surface area contributed by atoms with Crippen molar-refractivity contribution in [1.82, 2.24) is 5.32 Å². The van der Waals surface area contributed by atoms with E-state index in [0.717, 1.165) is 25.3 Å². The van der Waals surface area contributed by atoms with Gasteiger partial charge in [0.15, 0.2) is 6.10 Å². The van der Waals surface area contributed by atoms with E-state index in [4.69, 9.17) is 10.5 Å². The summed E-state index contributed by atoms with van der Waals surface area (Å²) < 4.78 is 5.16. The smallest absolute Gasteiger partial charge is 0.339 e. The summed E-state index contributed by atoms with van der Waals surface area (Å²) in [4.78, 5) is 34.8. The van der Waals surface area contributed by atoms with Crippen LogP contribution in [0.4, 0.5) is 11.4 Å². The highest BCUT2D eigenvalue weighted by atomic mass is 16.6. The molecular formula is C18H25N3O5. The number of nitrogens with zero attached hydrogens (tertiary/aromatic N) is 1. The van der Waals surface area contributed by atoms with Gasteiger partial charge in [0.25, 0.3) is 11.6 Å². The quantitative estimate of drug-likeness (QED) is 0.359. The molecule has 1 fully saturated rings. The van der Waals surface area contributed by atoms with Crippen LogP contribution in [-0.2, 0) is 9.53 Å². The Morgan fingerprint density at radius 1 is 1.35 bits per heavy atom. The van der Waals surface area contributed by atoms with Crippen LogP contribution < -0.4 is 11.1 Å². The molecule has 8 nitrogen and oxygen atoms in total. The van der Waals surface area contributed by atoms with E-state index in [1.54, 1.807) is 0 Å². The molecule has 1 amide bonds. The summed E-state index contributed by atoms with van der Waals surface area (Å²) in [6.07, 6.45) is 2.11.